The maximum atomic E-state index is 9.93. The van der Waals surface area contributed by atoms with E-state index in [1.165, 1.54) is 0 Å². The van der Waals surface area contributed by atoms with E-state index >= 15 is 0 Å². The van der Waals surface area contributed by atoms with Gasteiger partial charge in [0.05, 0.1) is 11.3 Å². The first kappa shape index (κ1) is 11.5. The topological polar surface area (TPSA) is 48.4 Å². The summed E-state index contributed by atoms with van der Waals surface area (Å²) in [4.78, 5) is 7.40. The minimum absolute atomic E-state index is 0.151. The number of para-hydroxylation sites is 2. The standard InChI is InChI=1S/C16H14N2O/c1-11-6-2-4-8-14(11)17-10-13-12-7-3-5-9-15(12)18-16(13)19/h2-10,18-19H,1H3. The smallest absolute Gasteiger partial charge is 0.198 e. The fraction of sp³-hybridized carbons (Fsp3) is 0.0625. The Kier molecular flexibility index (Phi) is 2.80. The second-order valence-corrected chi connectivity index (χ2v) is 4.48. The van der Waals surface area contributed by atoms with Crippen molar-refractivity contribution in [3.8, 4) is 5.88 Å². The SMILES string of the molecule is Cc1ccccc1N=Cc1c(O)[nH]c2ccccc12. The van der Waals surface area contributed by atoms with E-state index < -0.39 is 0 Å². The summed E-state index contributed by atoms with van der Waals surface area (Å²) >= 11 is 0. The maximum absolute atomic E-state index is 9.93. The lowest BCUT2D eigenvalue weighted by molar-refractivity contribution is 0.457. The van der Waals surface area contributed by atoms with Crippen LogP contribution in [0.5, 0.6) is 5.88 Å². The molecule has 0 amide bonds. The van der Waals surface area contributed by atoms with Crippen molar-refractivity contribution in [2.24, 2.45) is 4.99 Å². The molecule has 0 fully saturated rings. The van der Waals surface area contributed by atoms with E-state index in [2.05, 4.69) is 9.98 Å². The average Bonchev–Trinajstić information content (AvgIpc) is 2.74. The van der Waals surface area contributed by atoms with Crippen LogP contribution in [0.4, 0.5) is 5.69 Å². The van der Waals surface area contributed by atoms with Gasteiger partial charge < -0.3 is 10.1 Å². The quantitative estimate of drug-likeness (QED) is 0.665. The largest absolute Gasteiger partial charge is 0.494 e. The first-order valence-electron chi connectivity index (χ1n) is 6.15. The average molecular weight is 250 g/mol. The summed E-state index contributed by atoms with van der Waals surface area (Å²) < 4.78 is 0. The Morgan fingerprint density at radius 1 is 1.05 bits per heavy atom. The van der Waals surface area contributed by atoms with E-state index in [1.807, 2.05) is 55.5 Å². The Balaban J connectivity index is 2.06. The molecular weight excluding hydrogens is 236 g/mol. The number of aromatic hydroxyl groups is 1. The van der Waals surface area contributed by atoms with Crippen molar-refractivity contribution in [3.05, 3.63) is 59.7 Å². The molecule has 94 valence electrons. The van der Waals surface area contributed by atoms with E-state index in [0.29, 0.717) is 0 Å². The molecule has 0 spiro atoms. The Bertz CT molecular complexity index is 756. The number of aryl methyl sites for hydroxylation is 1. The Morgan fingerprint density at radius 2 is 1.79 bits per heavy atom. The van der Waals surface area contributed by atoms with E-state index in [9.17, 15) is 5.11 Å². The predicted molar refractivity (Wildman–Crippen MR) is 78.4 cm³/mol. The molecule has 3 rings (SSSR count). The minimum atomic E-state index is 0.151. The van der Waals surface area contributed by atoms with Gasteiger partial charge in [0.15, 0.2) is 5.88 Å². The highest BCUT2D eigenvalue weighted by atomic mass is 16.3. The minimum Gasteiger partial charge on any atom is -0.494 e. The molecule has 0 saturated heterocycles. The van der Waals surface area contributed by atoms with Gasteiger partial charge in [0.25, 0.3) is 0 Å². The molecule has 1 heterocycles. The summed E-state index contributed by atoms with van der Waals surface area (Å²) in [5.41, 5.74) is 3.65. The number of fused-ring (bicyclic) bond motifs is 1. The second kappa shape index (κ2) is 4.61. The molecule has 2 aromatic carbocycles. The number of benzene rings is 2. The van der Waals surface area contributed by atoms with Crippen molar-refractivity contribution in [2.75, 3.05) is 0 Å². The number of H-pyrrole nitrogens is 1. The van der Waals surface area contributed by atoms with Crippen LogP contribution >= 0.6 is 0 Å². The zero-order valence-corrected chi connectivity index (χ0v) is 10.6. The molecule has 0 aliphatic rings. The van der Waals surface area contributed by atoms with Gasteiger partial charge in [-0.05, 0) is 24.6 Å². The molecule has 0 atom stereocenters. The van der Waals surface area contributed by atoms with Gasteiger partial charge in [-0.15, -0.1) is 0 Å². The van der Waals surface area contributed by atoms with Gasteiger partial charge >= 0.3 is 0 Å². The Morgan fingerprint density at radius 3 is 2.63 bits per heavy atom. The Hall–Kier alpha value is -2.55. The van der Waals surface area contributed by atoms with Gasteiger partial charge in [-0.3, -0.25) is 4.99 Å². The van der Waals surface area contributed by atoms with Crippen molar-refractivity contribution >= 4 is 22.8 Å². The molecule has 3 heteroatoms. The van der Waals surface area contributed by atoms with Gasteiger partial charge in [-0.1, -0.05) is 36.4 Å². The first-order chi connectivity index (χ1) is 9.25. The second-order valence-electron chi connectivity index (χ2n) is 4.48. The fourth-order valence-corrected chi connectivity index (χ4v) is 2.12. The number of aliphatic imine (C=N–C) groups is 1. The number of aromatic amines is 1. The van der Waals surface area contributed by atoms with Crippen LogP contribution in [-0.2, 0) is 0 Å². The number of nitrogens with zero attached hydrogens (tertiary/aromatic N) is 1. The van der Waals surface area contributed by atoms with Gasteiger partial charge in [0.1, 0.15) is 0 Å². The van der Waals surface area contributed by atoms with Crippen LogP contribution in [-0.4, -0.2) is 16.3 Å². The lowest BCUT2D eigenvalue weighted by Crippen LogP contribution is -1.80. The summed E-state index contributed by atoms with van der Waals surface area (Å²) in [6, 6.07) is 15.7. The summed E-state index contributed by atoms with van der Waals surface area (Å²) in [5.74, 6) is 0.151. The number of rotatable bonds is 2. The number of nitrogens with one attached hydrogen (secondary N) is 1. The van der Waals surface area contributed by atoms with Crippen LogP contribution in [0.2, 0.25) is 0 Å². The molecule has 19 heavy (non-hydrogen) atoms. The zero-order valence-electron chi connectivity index (χ0n) is 10.6. The molecule has 3 aromatic rings. The number of hydrogen-bond acceptors (Lipinski definition) is 2. The van der Waals surface area contributed by atoms with Gasteiger partial charge in [0, 0.05) is 17.1 Å². The molecule has 1 aromatic heterocycles. The highest BCUT2D eigenvalue weighted by Crippen LogP contribution is 2.26. The van der Waals surface area contributed by atoms with Crippen LogP contribution in [0.1, 0.15) is 11.1 Å². The summed E-state index contributed by atoms with van der Waals surface area (Å²) in [6.07, 6.45) is 1.70. The van der Waals surface area contributed by atoms with Crippen molar-refractivity contribution in [2.45, 2.75) is 6.92 Å². The predicted octanol–water partition coefficient (Wildman–Crippen LogP) is 3.93. The monoisotopic (exact) mass is 250 g/mol. The van der Waals surface area contributed by atoms with Crippen LogP contribution < -0.4 is 0 Å². The van der Waals surface area contributed by atoms with Crippen molar-refractivity contribution in [3.63, 3.8) is 0 Å². The zero-order chi connectivity index (χ0) is 13.2. The Labute approximate surface area is 111 Å². The first-order valence-corrected chi connectivity index (χ1v) is 6.15. The lowest BCUT2D eigenvalue weighted by Gasteiger charge is -1.98. The molecule has 2 N–H and O–H groups in total. The molecule has 0 radical (unpaired) electrons. The van der Waals surface area contributed by atoms with Crippen molar-refractivity contribution in [1.29, 1.82) is 0 Å². The third-order valence-electron chi connectivity index (χ3n) is 3.17. The van der Waals surface area contributed by atoms with Gasteiger partial charge in [-0.2, -0.15) is 0 Å². The summed E-state index contributed by atoms with van der Waals surface area (Å²) in [7, 11) is 0. The van der Waals surface area contributed by atoms with E-state index in [1.54, 1.807) is 6.21 Å². The van der Waals surface area contributed by atoms with Crippen LogP contribution in [0.3, 0.4) is 0 Å². The van der Waals surface area contributed by atoms with E-state index in [4.69, 9.17) is 0 Å². The third kappa shape index (κ3) is 2.10. The van der Waals surface area contributed by atoms with Crippen LogP contribution in [0, 0.1) is 6.92 Å². The highest BCUT2D eigenvalue weighted by Gasteiger charge is 2.07. The molecular formula is C16H14N2O. The third-order valence-corrected chi connectivity index (χ3v) is 3.17. The van der Waals surface area contributed by atoms with Crippen molar-refractivity contribution in [1.82, 2.24) is 4.98 Å². The maximum Gasteiger partial charge on any atom is 0.198 e. The molecule has 0 aliphatic heterocycles. The van der Waals surface area contributed by atoms with Crippen molar-refractivity contribution < 1.29 is 5.11 Å². The molecule has 0 saturated carbocycles. The van der Waals surface area contributed by atoms with Gasteiger partial charge in [-0.25, -0.2) is 0 Å². The summed E-state index contributed by atoms with van der Waals surface area (Å²) in [5, 5.41) is 10.9. The lowest BCUT2D eigenvalue weighted by atomic mass is 10.2. The van der Waals surface area contributed by atoms with E-state index in [-0.39, 0.29) is 5.88 Å². The molecule has 0 aliphatic carbocycles. The van der Waals surface area contributed by atoms with Gasteiger partial charge in [0.2, 0.25) is 0 Å². The molecule has 3 nitrogen and oxygen atoms in total. The molecule has 0 unspecified atom stereocenters. The number of hydrogen-bond donors (Lipinski definition) is 2. The van der Waals surface area contributed by atoms with E-state index in [0.717, 1.165) is 27.7 Å². The highest BCUT2D eigenvalue weighted by molar-refractivity contribution is 6.02. The number of aromatic nitrogens is 1. The molecule has 0 bridgehead atoms. The van der Waals surface area contributed by atoms with Crippen LogP contribution in [0.15, 0.2) is 53.5 Å². The van der Waals surface area contributed by atoms with Crippen LogP contribution in [0.25, 0.3) is 10.9 Å². The normalized spacial score (nSPS) is 11.4. The fourth-order valence-electron chi connectivity index (χ4n) is 2.12. The summed E-state index contributed by atoms with van der Waals surface area (Å²) in [6.45, 7) is 2.02.